The smallest absolute Gasteiger partial charge is 0.201 e. The van der Waals surface area contributed by atoms with Crippen molar-refractivity contribution in [2.75, 3.05) is 0 Å². The minimum atomic E-state index is 0. The summed E-state index contributed by atoms with van der Waals surface area (Å²) in [6, 6.07) is 51.0. The number of para-hydroxylation sites is 1. The number of rotatable bonds is 3. The number of pyridine rings is 3. The third-order valence-corrected chi connectivity index (χ3v) is 10.4. The van der Waals surface area contributed by atoms with Crippen molar-refractivity contribution in [2.45, 2.75) is 43.1 Å². The summed E-state index contributed by atoms with van der Waals surface area (Å²) in [4.78, 5) is 1.37. The fraction of sp³-hybridized carbons (Fsp3) is 0.188. The van der Waals surface area contributed by atoms with Crippen LogP contribution in [0.1, 0.15) is 39.0 Å². The molecule has 3 nitrogen and oxygen atoms in total. The molecule has 0 amide bonds. The SMILES string of the molecule is C.C.C.Cc1c(-c2cccc[n+]2C)sc2ccccc12.Cc1ccccc1-c1ccc2ccccc2[n+]1C.Cc1ccccc1-c1cccc[n+]1C. The summed E-state index contributed by atoms with van der Waals surface area (Å²) < 4.78 is 7.95. The van der Waals surface area contributed by atoms with Gasteiger partial charge in [0.1, 0.15) is 26.0 Å². The third kappa shape index (κ3) is 8.88. The third-order valence-electron chi connectivity index (χ3n) is 9.11. The highest BCUT2D eigenvalue weighted by atomic mass is 32.1. The number of fused-ring (bicyclic) bond motifs is 2. The van der Waals surface area contributed by atoms with Crippen molar-refractivity contribution >= 4 is 32.3 Å². The maximum atomic E-state index is 2.26. The molecule has 0 saturated carbocycles. The molecule has 4 heterocycles. The van der Waals surface area contributed by atoms with Gasteiger partial charge in [-0.1, -0.05) is 89.0 Å². The first-order valence-electron chi connectivity index (χ1n) is 16.7. The first-order valence-corrected chi connectivity index (χ1v) is 17.5. The van der Waals surface area contributed by atoms with Gasteiger partial charge in [-0.3, -0.25) is 0 Å². The van der Waals surface area contributed by atoms with Crippen LogP contribution >= 0.6 is 11.3 Å². The van der Waals surface area contributed by atoms with Gasteiger partial charge in [-0.25, -0.2) is 9.13 Å². The van der Waals surface area contributed by atoms with Crippen LogP contribution in [0.15, 0.2) is 158 Å². The Labute approximate surface area is 316 Å². The Kier molecular flexibility index (Phi) is 14.7. The molecule has 0 spiro atoms. The number of aryl methyl sites for hydroxylation is 6. The van der Waals surface area contributed by atoms with Gasteiger partial charge in [-0.2, -0.15) is 4.57 Å². The standard InChI is InChI=1S/C17H16N.C15H14NS.C13H14N.3CH4/c1-13-7-3-5-9-15(13)17-12-11-14-8-4-6-10-16(14)18(17)2;1-11-12-7-3-4-9-14(12)17-15(11)13-8-5-6-10-16(13)2;1-11-7-3-4-8-12(11)13-9-5-6-10-14(13)2;;;/h3-12H,1-2H3;3-10H,1-2H3;3-10H,1-2H3;3*1H4/q3*+1;;;. The van der Waals surface area contributed by atoms with E-state index in [2.05, 4.69) is 208 Å². The van der Waals surface area contributed by atoms with Crippen molar-refractivity contribution in [3.63, 3.8) is 0 Å². The molecule has 4 aromatic carbocycles. The number of aromatic nitrogens is 3. The maximum absolute atomic E-state index is 2.26. The van der Waals surface area contributed by atoms with E-state index in [1.54, 1.807) is 0 Å². The molecule has 8 aromatic rings. The van der Waals surface area contributed by atoms with E-state index in [1.807, 2.05) is 17.4 Å². The van der Waals surface area contributed by atoms with Crippen molar-refractivity contribution in [3.05, 3.63) is 175 Å². The van der Waals surface area contributed by atoms with E-state index in [9.17, 15) is 0 Å². The molecule has 266 valence electrons. The van der Waals surface area contributed by atoms with Gasteiger partial charge in [0, 0.05) is 57.6 Å². The first kappa shape index (κ1) is 41.0. The number of hydrogen-bond donors (Lipinski definition) is 0. The lowest BCUT2D eigenvalue weighted by atomic mass is 10.0. The predicted octanol–water partition coefficient (Wildman–Crippen LogP) is 11.7. The Morgan fingerprint density at radius 2 is 0.942 bits per heavy atom. The van der Waals surface area contributed by atoms with Crippen LogP contribution in [-0.2, 0) is 21.1 Å². The second-order valence-corrected chi connectivity index (χ2v) is 13.5. The summed E-state index contributed by atoms with van der Waals surface area (Å²) in [6.45, 7) is 6.51. The zero-order valence-corrected chi connectivity index (χ0v) is 30.1. The van der Waals surface area contributed by atoms with Crippen LogP contribution < -0.4 is 13.7 Å². The molecule has 4 aromatic heterocycles. The molecule has 0 aliphatic heterocycles. The molecule has 0 unspecified atom stereocenters. The molecule has 0 N–H and O–H groups in total. The minimum absolute atomic E-state index is 0. The molecular formula is C48H56N3S+3. The summed E-state index contributed by atoms with van der Waals surface area (Å²) in [5, 5.41) is 2.65. The van der Waals surface area contributed by atoms with Gasteiger partial charge in [0.05, 0.1) is 0 Å². The molecule has 0 aliphatic rings. The van der Waals surface area contributed by atoms with Gasteiger partial charge in [-0.05, 0) is 85.3 Å². The van der Waals surface area contributed by atoms with Crippen LogP contribution in [0.5, 0.6) is 0 Å². The Hall–Kier alpha value is -5.45. The van der Waals surface area contributed by atoms with Crippen LogP contribution in [0.25, 0.3) is 54.1 Å². The Morgan fingerprint density at radius 3 is 1.54 bits per heavy atom. The molecule has 0 fully saturated rings. The average molecular weight is 707 g/mol. The van der Waals surface area contributed by atoms with E-state index in [0.29, 0.717) is 0 Å². The quantitative estimate of drug-likeness (QED) is 0.162. The lowest BCUT2D eigenvalue weighted by Gasteiger charge is -2.05. The number of nitrogens with zero attached hydrogens (tertiary/aromatic N) is 3. The van der Waals surface area contributed by atoms with Crippen molar-refractivity contribution in [1.29, 1.82) is 0 Å². The Balaban J connectivity index is 0.000000206. The zero-order chi connectivity index (χ0) is 34.3. The summed E-state index contributed by atoms with van der Waals surface area (Å²) >= 11 is 1.87. The van der Waals surface area contributed by atoms with E-state index < -0.39 is 0 Å². The monoisotopic (exact) mass is 706 g/mol. The van der Waals surface area contributed by atoms with E-state index in [-0.39, 0.29) is 22.3 Å². The second-order valence-electron chi connectivity index (χ2n) is 12.4. The molecular weight excluding hydrogens is 651 g/mol. The van der Waals surface area contributed by atoms with Crippen molar-refractivity contribution in [1.82, 2.24) is 0 Å². The Morgan fingerprint density at radius 1 is 0.442 bits per heavy atom. The van der Waals surface area contributed by atoms with Crippen molar-refractivity contribution in [3.8, 4) is 33.1 Å². The highest BCUT2D eigenvalue weighted by molar-refractivity contribution is 7.22. The molecule has 0 bridgehead atoms. The van der Waals surface area contributed by atoms with E-state index in [0.717, 1.165) is 0 Å². The van der Waals surface area contributed by atoms with Crippen molar-refractivity contribution in [2.24, 2.45) is 21.1 Å². The van der Waals surface area contributed by atoms with Gasteiger partial charge in [-0.15, -0.1) is 11.3 Å². The molecule has 8 rings (SSSR count). The van der Waals surface area contributed by atoms with E-state index in [1.165, 1.54) is 70.8 Å². The summed E-state index contributed by atoms with van der Waals surface area (Å²) in [6.07, 6.45) is 4.17. The molecule has 52 heavy (non-hydrogen) atoms. The topological polar surface area (TPSA) is 11.6 Å². The fourth-order valence-corrected chi connectivity index (χ4v) is 7.59. The summed E-state index contributed by atoms with van der Waals surface area (Å²) in [5.41, 5.74) is 11.7. The molecule has 0 aliphatic carbocycles. The number of thiophene rings is 1. The fourth-order valence-electron chi connectivity index (χ4n) is 6.32. The maximum Gasteiger partial charge on any atom is 0.222 e. The summed E-state index contributed by atoms with van der Waals surface area (Å²) in [5.74, 6) is 0. The summed E-state index contributed by atoms with van der Waals surface area (Å²) in [7, 11) is 6.30. The van der Waals surface area contributed by atoms with E-state index in [4.69, 9.17) is 0 Å². The highest BCUT2D eigenvalue weighted by Gasteiger charge is 2.17. The average Bonchev–Trinajstić information content (AvgIpc) is 3.46. The van der Waals surface area contributed by atoms with Crippen LogP contribution in [0, 0.1) is 20.8 Å². The van der Waals surface area contributed by atoms with Crippen LogP contribution in [-0.4, -0.2) is 0 Å². The van der Waals surface area contributed by atoms with Gasteiger partial charge in [0.2, 0.25) is 22.6 Å². The highest BCUT2D eigenvalue weighted by Crippen LogP contribution is 2.36. The normalized spacial score (nSPS) is 10.0. The molecule has 0 saturated heterocycles. The number of hydrogen-bond acceptors (Lipinski definition) is 1. The zero-order valence-electron chi connectivity index (χ0n) is 29.3. The van der Waals surface area contributed by atoms with Gasteiger partial charge in [0.25, 0.3) is 0 Å². The lowest BCUT2D eigenvalue weighted by Crippen LogP contribution is -2.32. The Bertz CT molecular complexity index is 2330. The molecule has 0 atom stereocenters. The second kappa shape index (κ2) is 18.7. The van der Waals surface area contributed by atoms with Crippen LogP contribution in [0.3, 0.4) is 0 Å². The van der Waals surface area contributed by atoms with Crippen LogP contribution in [0.4, 0.5) is 0 Å². The first-order chi connectivity index (χ1) is 23.8. The largest absolute Gasteiger partial charge is 0.222 e. The molecule has 4 heteroatoms. The van der Waals surface area contributed by atoms with Crippen LogP contribution in [0.2, 0.25) is 0 Å². The predicted molar refractivity (Wildman–Crippen MR) is 226 cm³/mol. The lowest BCUT2D eigenvalue weighted by molar-refractivity contribution is -0.660. The molecule has 0 radical (unpaired) electrons. The van der Waals surface area contributed by atoms with E-state index >= 15 is 0 Å². The van der Waals surface area contributed by atoms with Crippen molar-refractivity contribution < 1.29 is 13.7 Å². The number of benzene rings is 4. The van der Waals surface area contributed by atoms with Gasteiger partial charge >= 0.3 is 0 Å². The van der Waals surface area contributed by atoms with Gasteiger partial charge in [0.15, 0.2) is 12.4 Å². The van der Waals surface area contributed by atoms with Gasteiger partial charge < -0.3 is 0 Å². The minimum Gasteiger partial charge on any atom is -0.201 e.